The lowest BCUT2D eigenvalue weighted by atomic mass is 10.0. The molecule has 0 aromatic heterocycles. The lowest BCUT2D eigenvalue weighted by molar-refractivity contribution is -0.125. The molecule has 4 nitrogen and oxygen atoms in total. The normalized spacial score (nSPS) is 11.6. The van der Waals surface area contributed by atoms with Crippen LogP contribution >= 0.6 is 15.9 Å². The molecule has 0 aliphatic carbocycles. The molecule has 2 aromatic carbocycles. The zero-order valence-corrected chi connectivity index (χ0v) is 15.4. The number of carbonyl (C=O) groups excluding carboxylic acids is 2. The van der Waals surface area contributed by atoms with E-state index in [2.05, 4.69) is 21.2 Å². The predicted octanol–water partition coefficient (Wildman–Crippen LogP) is 4.40. The molecule has 0 saturated heterocycles. The highest BCUT2D eigenvalue weighted by atomic mass is 79.9. The fraction of sp³-hybridized carbons (Fsp3) is 0.263. The van der Waals surface area contributed by atoms with Crippen LogP contribution in [0.3, 0.4) is 0 Å². The standard InChI is InChI=1S/C19H19BrFNO3/c1-2-6-17(13-7-4-3-5-8-13)22-18(23)12-25-19(24)15-10-9-14(20)11-16(15)21/h3-5,7-11,17H,2,6,12H2,1H3,(H,22,23)/t17-/m0/s1. The molecule has 6 heteroatoms. The van der Waals surface area contributed by atoms with Crippen molar-refractivity contribution in [2.24, 2.45) is 0 Å². The van der Waals surface area contributed by atoms with E-state index in [9.17, 15) is 14.0 Å². The van der Waals surface area contributed by atoms with Crippen LogP contribution in [0.4, 0.5) is 4.39 Å². The molecule has 2 rings (SSSR count). The van der Waals surface area contributed by atoms with E-state index in [4.69, 9.17) is 4.74 Å². The minimum Gasteiger partial charge on any atom is -0.452 e. The van der Waals surface area contributed by atoms with Crippen molar-refractivity contribution >= 4 is 27.8 Å². The molecule has 0 heterocycles. The number of rotatable bonds is 7. The summed E-state index contributed by atoms with van der Waals surface area (Å²) in [5.74, 6) is -1.99. The number of amides is 1. The summed E-state index contributed by atoms with van der Waals surface area (Å²) in [6, 6.07) is 13.4. The molecule has 132 valence electrons. The monoisotopic (exact) mass is 407 g/mol. The summed E-state index contributed by atoms with van der Waals surface area (Å²) in [7, 11) is 0. The number of carbonyl (C=O) groups is 2. The smallest absolute Gasteiger partial charge is 0.341 e. The molecule has 0 spiro atoms. The van der Waals surface area contributed by atoms with Gasteiger partial charge in [0.15, 0.2) is 6.61 Å². The predicted molar refractivity (Wildman–Crippen MR) is 96.6 cm³/mol. The first-order valence-corrected chi connectivity index (χ1v) is 8.77. The lowest BCUT2D eigenvalue weighted by Crippen LogP contribution is -2.32. The van der Waals surface area contributed by atoms with Crippen LogP contribution in [0.25, 0.3) is 0 Å². The summed E-state index contributed by atoms with van der Waals surface area (Å²) >= 11 is 3.12. The van der Waals surface area contributed by atoms with Crippen LogP contribution in [-0.4, -0.2) is 18.5 Å². The van der Waals surface area contributed by atoms with Crippen molar-refractivity contribution in [2.75, 3.05) is 6.61 Å². The van der Waals surface area contributed by atoms with Gasteiger partial charge in [-0.3, -0.25) is 4.79 Å². The Balaban J connectivity index is 1.93. The van der Waals surface area contributed by atoms with E-state index in [1.807, 2.05) is 37.3 Å². The van der Waals surface area contributed by atoms with Crippen molar-refractivity contribution in [1.82, 2.24) is 5.32 Å². The maximum absolute atomic E-state index is 13.7. The van der Waals surface area contributed by atoms with Crippen molar-refractivity contribution in [3.63, 3.8) is 0 Å². The van der Waals surface area contributed by atoms with Crippen LogP contribution in [-0.2, 0) is 9.53 Å². The molecular weight excluding hydrogens is 389 g/mol. The number of halogens is 2. The third-order valence-electron chi connectivity index (χ3n) is 3.60. The third kappa shape index (κ3) is 5.67. The fourth-order valence-electron chi connectivity index (χ4n) is 2.40. The Labute approximate surface area is 154 Å². The average Bonchev–Trinajstić information content (AvgIpc) is 2.60. The third-order valence-corrected chi connectivity index (χ3v) is 4.09. The molecule has 1 atom stereocenters. The van der Waals surface area contributed by atoms with Crippen LogP contribution in [0.1, 0.15) is 41.7 Å². The van der Waals surface area contributed by atoms with Gasteiger partial charge in [0.1, 0.15) is 5.82 Å². The number of nitrogens with one attached hydrogen (secondary N) is 1. The van der Waals surface area contributed by atoms with Crippen LogP contribution in [0, 0.1) is 5.82 Å². The summed E-state index contributed by atoms with van der Waals surface area (Å²) in [6.45, 7) is 1.57. The molecule has 0 fully saturated rings. The van der Waals surface area contributed by atoms with E-state index in [1.165, 1.54) is 18.2 Å². The minimum absolute atomic E-state index is 0.151. The quantitative estimate of drug-likeness (QED) is 0.691. The number of hydrogen-bond donors (Lipinski definition) is 1. The van der Waals surface area contributed by atoms with E-state index < -0.39 is 24.3 Å². The number of esters is 1. The zero-order valence-electron chi connectivity index (χ0n) is 13.8. The Bertz CT molecular complexity index is 737. The number of ether oxygens (including phenoxy) is 1. The molecule has 25 heavy (non-hydrogen) atoms. The highest BCUT2D eigenvalue weighted by molar-refractivity contribution is 9.10. The van der Waals surface area contributed by atoms with E-state index in [0.717, 1.165) is 18.4 Å². The van der Waals surface area contributed by atoms with Crippen LogP contribution < -0.4 is 5.32 Å². The first kappa shape index (κ1) is 19.1. The van der Waals surface area contributed by atoms with Crippen molar-refractivity contribution < 1.29 is 18.7 Å². The molecule has 0 aliphatic rings. The van der Waals surface area contributed by atoms with Gasteiger partial charge in [-0.05, 0) is 30.2 Å². The zero-order chi connectivity index (χ0) is 18.2. The van der Waals surface area contributed by atoms with Gasteiger partial charge in [-0.1, -0.05) is 59.6 Å². The number of hydrogen-bond acceptors (Lipinski definition) is 3. The fourth-order valence-corrected chi connectivity index (χ4v) is 2.73. The van der Waals surface area contributed by atoms with Gasteiger partial charge in [0, 0.05) is 4.47 Å². The van der Waals surface area contributed by atoms with Gasteiger partial charge in [-0.25, -0.2) is 9.18 Å². The van der Waals surface area contributed by atoms with Crippen LogP contribution in [0.15, 0.2) is 53.0 Å². The van der Waals surface area contributed by atoms with Gasteiger partial charge >= 0.3 is 5.97 Å². The summed E-state index contributed by atoms with van der Waals surface area (Å²) < 4.78 is 19.2. The summed E-state index contributed by atoms with van der Waals surface area (Å²) in [4.78, 5) is 24.0. The van der Waals surface area contributed by atoms with Gasteiger partial charge in [0.25, 0.3) is 5.91 Å². The Hall–Kier alpha value is -2.21. The maximum Gasteiger partial charge on any atom is 0.341 e. The number of benzene rings is 2. The van der Waals surface area contributed by atoms with Crippen molar-refractivity contribution in [3.8, 4) is 0 Å². The Morgan fingerprint density at radius 2 is 1.92 bits per heavy atom. The molecule has 0 unspecified atom stereocenters. The van der Waals surface area contributed by atoms with Gasteiger partial charge in [-0.15, -0.1) is 0 Å². The second kappa shape index (κ2) is 9.32. The van der Waals surface area contributed by atoms with E-state index in [1.54, 1.807) is 0 Å². The second-order valence-corrected chi connectivity index (χ2v) is 6.44. The Kier molecular flexibility index (Phi) is 7.13. The first-order chi connectivity index (χ1) is 12.0. The molecule has 2 aromatic rings. The SMILES string of the molecule is CCC[C@H](NC(=O)COC(=O)c1ccc(Br)cc1F)c1ccccc1. The summed E-state index contributed by atoms with van der Waals surface area (Å²) in [5, 5.41) is 2.85. The van der Waals surface area contributed by atoms with Gasteiger partial charge < -0.3 is 10.1 Å². The highest BCUT2D eigenvalue weighted by Crippen LogP contribution is 2.18. The van der Waals surface area contributed by atoms with Crippen molar-refractivity contribution in [1.29, 1.82) is 0 Å². The molecule has 1 N–H and O–H groups in total. The molecule has 0 aliphatic heterocycles. The van der Waals surface area contributed by atoms with Gasteiger partial charge in [0.2, 0.25) is 0 Å². The molecule has 0 radical (unpaired) electrons. The van der Waals surface area contributed by atoms with Crippen molar-refractivity contribution in [3.05, 3.63) is 69.9 Å². The first-order valence-electron chi connectivity index (χ1n) is 7.97. The second-order valence-electron chi connectivity index (χ2n) is 5.52. The Morgan fingerprint density at radius 3 is 2.56 bits per heavy atom. The Morgan fingerprint density at radius 1 is 1.20 bits per heavy atom. The molecule has 0 saturated carbocycles. The summed E-state index contributed by atoms with van der Waals surface area (Å²) in [6.07, 6.45) is 1.66. The van der Waals surface area contributed by atoms with E-state index in [0.29, 0.717) is 4.47 Å². The molecular formula is C19H19BrFNO3. The molecule has 1 amide bonds. The highest BCUT2D eigenvalue weighted by Gasteiger charge is 2.17. The topological polar surface area (TPSA) is 55.4 Å². The van der Waals surface area contributed by atoms with Gasteiger partial charge in [-0.2, -0.15) is 0 Å². The largest absolute Gasteiger partial charge is 0.452 e. The minimum atomic E-state index is -0.869. The maximum atomic E-state index is 13.7. The summed E-state index contributed by atoms with van der Waals surface area (Å²) in [5.41, 5.74) is 0.784. The van der Waals surface area contributed by atoms with Crippen LogP contribution in [0.5, 0.6) is 0 Å². The van der Waals surface area contributed by atoms with E-state index >= 15 is 0 Å². The van der Waals surface area contributed by atoms with Crippen molar-refractivity contribution in [2.45, 2.75) is 25.8 Å². The van der Waals surface area contributed by atoms with Crippen LogP contribution in [0.2, 0.25) is 0 Å². The average molecular weight is 408 g/mol. The lowest BCUT2D eigenvalue weighted by Gasteiger charge is -2.18. The van der Waals surface area contributed by atoms with Gasteiger partial charge in [0.05, 0.1) is 11.6 Å². The van der Waals surface area contributed by atoms with E-state index in [-0.39, 0.29) is 11.6 Å². The molecule has 0 bridgehead atoms.